The highest BCUT2D eigenvalue weighted by atomic mass is 16.6. The average Bonchev–Trinajstić information content (AvgIpc) is 3.07. The van der Waals surface area contributed by atoms with Crippen LogP contribution in [0.15, 0.2) is 54.6 Å². The van der Waals surface area contributed by atoms with Crippen LogP contribution in [0.2, 0.25) is 0 Å². The van der Waals surface area contributed by atoms with Gasteiger partial charge in [0.05, 0.1) is 11.1 Å². The first-order valence-electron chi connectivity index (χ1n) is 9.53. The maximum atomic E-state index is 12.8. The molecule has 0 fully saturated rings. The molecule has 2 aliphatic rings. The van der Waals surface area contributed by atoms with Gasteiger partial charge >= 0.3 is 12.1 Å². The summed E-state index contributed by atoms with van der Waals surface area (Å²) in [5.41, 5.74) is 0.269. The molecule has 8 heteroatoms. The quantitative estimate of drug-likeness (QED) is 0.322. The Morgan fingerprint density at radius 3 is 2.69 bits per heavy atom. The molecule has 1 amide bonds. The molecular formula is C24H15NO7. The summed E-state index contributed by atoms with van der Waals surface area (Å²) >= 11 is 0. The first-order chi connectivity index (χ1) is 15.5. The van der Waals surface area contributed by atoms with Gasteiger partial charge in [-0.15, -0.1) is 6.42 Å². The van der Waals surface area contributed by atoms with Gasteiger partial charge in [-0.05, 0) is 30.3 Å². The Bertz CT molecular complexity index is 1340. The number of terminal acetylenes is 1. The molecule has 1 spiro atoms. The minimum Gasteiger partial charge on any atom is -0.508 e. The summed E-state index contributed by atoms with van der Waals surface area (Å²) in [7, 11) is 0. The van der Waals surface area contributed by atoms with Gasteiger partial charge in [0, 0.05) is 17.2 Å². The Kier molecular flexibility index (Phi) is 4.20. The van der Waals surface area contributed by atoms with Crippen molar-refractivity contribution in [3.63, 3.8) is 0 Å². The second kappa shape index (κ2) is 6.96. The van der Waals surface area contributed by atoms with Gasteiger partial charge in [0.15, 0.2) is 18.0 Å². The number of hydrogen-bond donors (Lipinski definition) is 3. The Hall–Kier alpha value is -4.64. The largest absolute Gasteiger partial charge is 0.508 e. The first kappa shape index (κ1) is 19.3. The smallest absolute Gasteiger partial charge is 0.412 e. The number of benzene rings is 3. The van der Waals surface area contributed by atoms with E-state index in [1.807, 2.05) is 0 Å². The van der Waals surface area contributed by atoms with E-state index < -0.39 is 17.7 Å². The number of hydrogen-bond acceptors (Lipinski definition) is 7. The van der Waals surface area contributed by atoms with Crippen molar-refractivity contribution in [2.24, 2.45) is 0 Å². The van der Waals surface area contributed by atoms with Crippen molar-refractivity contribution in [3.05, 3.63) is 76.9 Å². The van der Waals surface area contributed by atoms with Gasteiger partial charge in [-0.2, -0.15) is 0 Å². The second-order valence-electron chi connectivity index (χ2n) is 7.14. The van der Waals surface area contributed by atoms with E-state index in [9.17, 15) is 19.8 Å². The summed E-state index contributed by atoms with van der Waals surface area (Å²) in [6.45, 7) is -0.270. The second-order valence-corrected chi connectivity index (χ2v) is 7.14. The van der Waals surface area contributed by atoms with E-state index in [-0.39, 0.29) is 35.3 Å². The number of amides is 1. The van der Waals surface area contributed by atoms with Gasteiger partial charge < -0.3 is 24.4 Å². The van der Waals surface area contributed by atoms with Gasteiger partial charge in [-0.3, -0.25) is 5.32 Å². The molecule has 0 radical (unpaired) electrons. The fraction of sp³-hybridized carbons (Fsp3) is 0.0833. The topological polar surface area (TPSA) is 114 Å². The van der Waals surface area contributed by atoms with Crippen LogP contribution in [0.25, 0.3) is 0 Å². The summed E-state index contributed by atoms with van der Waals surface area (Å²) in [5, 5.41) is 22.9. The third-order valence-electron chi connectivity index (χ3n) is 5.36. The summed E-state index contributed by atoms with van der Waals surface area (Å²) in [6.07, 6.45) is 4.21. The lowest BCUT2D eigenvalue weighted by Gasteiger charge is -2.37. The Morgan fingerprint density at radius 1 is 1.09 bits per heavy atom. The fourth-order valence-electron chi connectivity index (χ4n) is 4.08. The molecule has 1 atom stereocenters. The summed E-state index contributed by atoms with van der Waals surface area (Å²) < 4.78 is 16.8. The number of fused-ring (bicyclic) bond motifs is 6. The third kappa shape index (κ3) is 2.65. The summed E-state index contributed by atoms with van der Waals surface area (Å²) in [6, 6.07) is 14.2. The molecule has 0 saturated heterocycles. The molecule has 3 aromatic rings. The van der Waals surface area contributed by atoms with Crippen LogP contribution in [0.1, 0.15) is 27.0 Å². The Morgan fingerprint density at radius 2 is 1.88 bits per heavy atom. The van der Waals surface area contributed by atoms with Crippen molar-refractivity contribution < 1.29 is 34.0 Å². The molecule has 2 aliphatic heterocycles. The SMILES string of the molecule is C#CCOC(=O)Nc1c(O)ccc2c1Oc1cc(O)ccc1C21OC(=O)c2ccccc21. The molecule has 8 nitrogen and oxygen atoms in total. The number of phenols is 2. The highest BCUT2D eigenvalue weighted by Gasteiger charge is 2.54. The van der Waals surface area contributed by atoms with Gasteiger partial charge in [0.25, 0.3) is 0 Å². The zero-order valence-electron chi connectivity index (χ0n) is 16.4. The minimum absolute atomic E-state index is 0.0326. The maximum Gasteiger partial charge on any atom is 0.412 e. The van der Waals surface area contributed by atoms with Crippen LogP contribution in [0.4, 0.5) is 10.5 Å². The molecule has 0 bridgehead atoms. The van der Waals surface area contributed by atoms with E-state index in [2.05, 4.69) is 11.2 Å². The number of rotatable bonds is 2. The van der Waals surface area contributed by atoms with Crippen molar-refractivity contribution >= 4 is 17.7 Å². The number of phenolic OH excluding ortho intramolecular Hbond substituents is 2. The Labute approximate surface area is 182 Å². The normalized spacial score (nSPS) is 17.3. The van der Waals surface area contributed by atoms with Gasteiger partial charge in [-0.25, -0.2) is 9.59 Å². The van der Waals surface area contributed by atoms with Crippen LogP contribution in [0.3, 0.4) is 0 Å². The Balaban J connectivity index is 1.77. The van der Waals surface area contributed by atoms with Crippen molar-refractivity contribution in [1.29, 1.82) is 0 Å². The number of anilines is 1. The monoisotopic (exact) mass is 429 g/mol. The van der Waals surface area contributed by atoms with Crippen molar-refractivity contribution in [2.75, 3.05) is 11.9 Å². The van der Waals surface area contributed by atoms with E-state index in [1.165, 1.54) is 18.2 Å². The maximum absolute atomic E-state index is 12.8. The average molecular weight is 429 g/mol. The van der Waals surface area contributed by atoms with Crippen molar-refractivity contribution in [2.45, 2.75) is 5.60 Å². The predicted molar refractivity (Wildman–Crippen MR) is 112 cm³/mol. The predicted octanol–water partition coefficient (Wildman–Crippen LogP) is 3.85. The highest BCUT2D eigenvalue weighted by molar-refractivity contribution is 5.98. The van der Waals surface area contributed by atoms with Crippen LogP contribution in [0.5, 0.6) is 23.0 Å². The van der Waals surface area contributed by atoms with Crippen LogP contribution >= 0.6 is 0 Å². The van der Waals surface area contributed by atoms with Gasteiger partial charge in [-0.1, -0.05) is 24.1 Å². The molecule has 0 saturated carbocycles. The van der Waals surface area contributed by atoms with Crippen LogP contribution < -0.4 is 10.1 Å². The molecule has 5 rings (SSSR count). The van der Waals surface area contributed by atoms with E-state index >= 15 is 0 Å². The van der Waals surface area contributed by atoms with E-state index in [4.69, 9.17) is 20.6 Å². The molecule has 2 heterocycles. The highest BCUT2D eigenvalue weighted by Crippen LogP contribution is 2.59. The first-order valence-corrected chi connectivity index (χ1v) is 9.53. The lowest BCUT2D eigenvalue weighted by molar-refractivity contribution is 0.0224. The number of carbonyl (C=O) groups excluding carboxylic acids is 2. The van der Waals surface area contributed by atoms with E-state index in [0.29, 0.717) is 22.3 Å². The lowest BCUT2D eigenvalue weighted by Crippen LogP contribution is -2.33. The van der Waals surface area contributed by atoms with Gasteiger partial charge in [0.2, 0.25) is 0 Å². The number of esters is 1. The summed E-state index contributed by atoms with van der Waals surface area (Å²) in [4.78, 5) is 25.0. The number of carbonyl (C=O) groups is 2. The molecule has 0 aliphatic carbocycles. The van der Waals surface area contributed by atoms with Crippen LogP contribution in [0, 0.1) is 12.3 Å². The number of nitrogens with one attached hydrogen (secondary N) is 1. The zero-order valence-corrected chi connectivity index (χ0v) is 16.4. The third-order valence-corrected chi connectivity index (χ3v) is 5.36. The van der Waals surface area contributed by atoms with Crippen LogP contribution in [-0.2, 0) is 15.1 Å². The molecule has 32 heavy (non-hydrogen) atoms. The molecule has 3 aromatic carbocycles. The standard InChI is InChI=1S/C24H15NO7/c1-2-11-30-23(29)25-20-18(27)10-9-17-21(20)31-19-12-13(26)7-8-16(19)24(17)15-6-4-3-5-14(15)22(28)32-24/h1,3-10,12,26-27H,11H2,(H,25,29). The lowest BCUT2D eigenvalue weighted by atomic mass is 9.77. The van der Waals surface area contributed by atoms with E-state index in [1.54, 1.807) is 36.4 Å². The van der Waals surface area contributed by atoms with E-state index in [0.717, 1.165) is 0 Å². The molecule has 158 valence electrons. The van der Waals surface area contributed by atoms with Crippen molar-refractivity contribution in [3.8, 4) is 35.3 Å². The van der Waals surface area contributed by atoms with Gasteiger partial charge in [0.1, 0.15) is 22.9 Å². The number of aromatic hydroxyl groups is 2. The molecule has 3 N–H and O–H groups in total. The fourth-order valence-corrected chi connectivity index (χ4v) is 4.08. The molecule has 1 unspecified atom stereocenters. The summed E-state index contributed by atoms with van der Waals surface area (Å²) in [5.74, 6) is 1.47. The van der Waals surface area contributed by atoms with Crippen molar-refractivity contribution in [1.82, 2.24) is 0 Å². The minimum atomic E-state index is -1.42. The zero-order chi connectivity index (χ0) is 22.5. The van der Waals surface area contributed by atoms with Crippen LogP contribution in [-0.4, -0.2) is 28.9 Å². The molecular weight excluding hydrogens is 414 g/mol. The molecule has 0 aromatic heterocycles. The number of ether oxygens (including phenoxy) is 3.